The summed E-state index contributed by atoms with van der Waals surface area (Å²) < 4.78 is 7.87. The van der Waals surface area contributed by atoms with Gasteiger partial charge in [-0.05, 0) is 85.8 Å². The lowest BCUT2D eigenvalue weighted by Gasteiger charge is -2.18. The van der Waals surface area contributed by atoms with Crippen molar-refractivity contribution in [2.24, 2.45) is 5.41 Å². The van der Waals surface area contributed by atoms with Gasteiger partial charge in [0.15, 0.2) is 0 Å². The first-order valence-corrected chi connectivity index (χ1v) is 11.5. The number of carbonyl (C=O) groups excluding carboxylic acids is 1. The van der Waals surface area contributed by atoms with Gasteiger partial charge in [0.2, 0.25) is 5.78 Å². The molecular weight excluding hydrogens is 384 g/mol. The molecule has 31 heavy (non-hydrogen) atoms. The lowest BCUT2D eigenvalue weighted by molar-refractivity contribution is 0.103. The van der Waals surface area contributed by atoms with Crippen LogP contribution in [0.15, 0.2) is 54.7 Å². The summed E-state index contributed by atoms with van der Waals surface area (Å²) in [5.41, 5.74) is 3.96. The van der Waals surface area contributed by atoms with E-state index in [0.717, 1.165) is 61.3 Å². The van der Waals surface area contributed by atoms with Gasteiger partial charge in [-0.25, -0.2) is 0 Å². The van der Waals surface area contributed by atoms with Crippen molar-refractivity contribution in [3.63, 3.8) is 0 Å². The number of ether oxygens (including phenoxy) is 1. The third kappa shape index (κ3) is 6.44. The number of aryl methyl sites for hydroxylation is 1. The Kier molecular flexibility index (Phi) is 7.91. The van der Waals surface area contributed by atoms with Gasteiger partial charge in [0, 0.05) is 17.3 Å². The van der Waals surface area contributed by atoms with Gasteiger partial charge in [-0.2, -0.15) is 0 Å². The molecular formula is C27H36N2O2. The number of hydrogen-bond donors (Lipinski definition) is 1. The van der Waals surface area contributed by atoms with Gasteiger partial charge in [-0.3, -0.25) is 4.79 Å². The minimum Gasteiger partial charge on any atom is -0.494 e. The Morgan fingerprint density at radius 3 is 2.55 bits per heavy atom. The highest BCUT2D eigenvalue weighted by molar-refractivity contribution is 6.09. The molecule has 0 amide bonds. The lowest BCUT2D eigenvalue weighted by atomic mass is 9.97. The number of hydrogen-bond acceptors (Lipinski definition) is 3. The van der Waals surface area contributed by atoms with Crippen molar-refractivity contribution in [2.75, 3.05) is 19.7 Å². The zero-order valence-corrected chi connectivity index (χ0v) is 19.4. The molecule has 2 aromatic heterocycles. The smallest absolute Gasteiger partial charge is 0.210 e. The standard InChI is InChI=1S/C27H36N2O2/c1-5-6-10-22-19-23-11-7-8-17-29(23)25(22)26(30)21-12-14-24(15-13-21)31-18-9-16-28-20-27(2,3)4/h7-8,11-15,17,19,28H,5-6,9-10,16,18,20H2,1-4H3. The average Bonchev–Trinajstić information content (AvgIpc) is 3.12. The van der Waals surface area contributed by atoms with Crippen molar-refractivity contribution in [1.82, 2.24) is 9.72 Å². The van der Waals surface area contributed by atoms with Crippen molar-refractivity contribution < 1.29 is 9.53 Å². The van der Waals surface area contributed by atoms with Crippen LogP contribution in [0.2, 0.25) is 0 Å². The van der Waals surface area contributed by atoms with E-state index in [1.165, 1.54) is 0 Å². The summed E-state index contributed by atoms with van der Waals surface area (Å²) in [4.78, 5) is 13.4. The number of ketones is 1. The zero-order valence-electron chi connectivity index (χ0n) is 19.4. The summed E-state index contributed by atoms with van der Waals surface area (Å²) in [6.45, 7) is 11.5. The van der Waals surface area contributed by atoms with E-state index in [1.54, 1.807) is 0 Å². The van der Waals surface area contributed by atoms with Gasteiger partial charge >= 0.3 is 0 Å². The van der Waals surface area contributed by atoms with Crippen LogP contribution in [0.25, 0.3) is 5.52 Å². The second-order valence-electron chi connectivity index (χ2n) is 9.41. The first kappa shape index (κ1) is 23.1. The van der Waals surface area contributed by atoms with Crippen LogP contribution < -0.4 is 10.1 Å². The van der Waals surface area contributed by atoms with Gasteiger partial charge in [0.05, 0.1) is 12.3 Å². The topological polar surface area (TPSA) is 42.7 Å². The van der Waals surface area contributed by atoms with E-state index in [0.29, 0.717) is 17.6 Å². The highest BCUT2D eigenvalue weighted by atomic mass is 16.5. The Labute approximate surface area is 186 Å². The SMILES string of the molecule is CCCCc1cc2ccccn2c1C(=O)c1ccc(OCCCNCC(C)(C)C)cc1. The predicted octanol–water partition coefficient (Wildman–Crippen LogP) is 5.92. The maximum absolute atomic E-state index is 13.4. The molecule has 0 aliphatic carbocycles. The van der Waals surface area contributed by atoms with Crippen molar-refractivity contribution in [3.05, 3.63) is 71.5 Å². The molecule has 0 aliphatic rings. The van der Waals surface area contributed by atoms with Crippen molar-refractivity contribution >= 4 is 11.3 Å². The zero-order chi connectivity index (χ0) is 22.3. The number of unbranched alkanes of at least 4 members (excludes halogenated alkanes) is 1. The van der Waals surface area contributed by atoms with Gasteiger partial charge in [-0.15, -0.1) is 0 Å². The molecule has 0 bridgehead atoms. The lowest BCUT2D eigenvalue weighted by Crippen LogP contribution is -2.28. The Morgan fingerprint density at radius 1 is 1.06 bits per heavy atom. The molecule has 3 aromatic rings. The molecule has 0 atom stereocenters. The molecule has 0 aliphatic heterocycles. The third-order valence-electron chi connectivity index (χ3n) is 5.31. The van der Waals surface area contributed by atoms with Crippen LogP contribution >= 0.6 is 0 Å². The Morgan fingerprint density at radius 2 is 1.84 bits per heavy atom. The van der Waals surface area contributed by atoms with Crippen molar-refractivity contribution in [1.29, 1.82) is 0 Å². The van der Waals surface area contributed by atoms with Crippen LogP contribution in [0.5, 0.6) is 5.75 Å². The van der Waals surface area contributed by atoms with Crippen LogP contribution in [0.1, 0.15) is 68.6 Å². The highest BCUT2D eigenvalue weighted by Gasteiger charge is 2.19. The summed E-state index contributed by atoms with van der Waals surface area (Å²) in [7, 11) is 0. The summed E-state index contributed by atoms with van der Waals surface area (Å²) >= 11 is 0. The van der Waals surface area contributed by atoms with Crippen LogP contribution in [-0.4, -0.2) is 29.9 Å². The number of fused-ring (bicyclic) bond motifs is 1. The largest absolute Gasteiger partial charge is 0.494 e. The second-order valence-corrected chi connectivity index (χ2v) is 9.41. The van der Waals surface area contributed by atoms with E-state index in [1.807, 2.05) is 47.0 Å². The maximum Gasteiger partial charge on any atom is 0.210 e. The molecule has 0 radical (unpaired) electrons. The minimum absolute atomic E-state index is 0.0650. The molecule has 0 saturated heterocycles. The van der Waals surface area contributed by atoms with E-state index in [9.17, 15) is 4.79 Å². The summed E-state index contributed by atoms with van der Waals surface area (Å²) in [5, 5.41) is 3.46. The fraction of sp³-hybridized carbons (Fsp3) is 0.444. The molecule has 0 saturated carbocycles. The van der Waals surface area contributed by atoms with Gasteiger partial charge in [-0.1, -0.05) is 40.2 Å². The first-order chi connectivity index (χ1) is 14.9. The second kappa shape index (κ2) is 10.6. The number of pyridine rings is 1. The first-order valence-electron chi connectivity index (χ1n) is 11.5. The molecule has 2 heterocycles. The number of aromatic nitrogens is 1. The van der Waals surface area contributed by atoms with E-state index >= 15 is 0 Å². The Bertz CT molecular complexity index is 981. The Hall–Kier alpha value is -2.59. The van der Waals surface area contributed by atoms with Crippen LogP contribution in [-0.2, 0) is 6.42 Å². The minimum atomic E-state index is 0.0650. The number of rotatable bonds is 11. The van der Waals surface area contributed by atoms with Gasteiger partial charge < -0.3 is 14.5 Å². The normalized spacial score (nSPS) is 11.7. The summed E-state index contributed by atoms with van der Waals surface area (Å²) in [6.07, 6.45) is 6.03. The monoisotopic (exact) mass is 420 g/mol. The quantitative estimate of drug-likeness (QED) is 0.309. The molecule has 1 aromatic carbocycles. The third-order valence-corrected chi connectivity index (χ3v) is 5.31. The average molecular weight is 421 g/mol. The number of nitrogens with zero attached hydrogens (tertiary/aromatic N) is 1. The molecule has 0 fully saturated rings. The van der Waals surface area contributed by atoms with Gasteiger partial charge in [0.25, 0.3) is 0 Å². The van der Waals surface area contributed by atoms with Crippen LogP contribution in [0, 0.1) is 5.41 Å². The molecule has 166 valence electrons. The van der Waals surface area contributed by atoms with Crippen LogP contribution in [0.3, 0.4) is 0 Å². The molecule has 0 unspecified atom stereocenters. The maximum atomic E-state index is 13.4. The highest BCUT2D eigenvalue weighted by Crippen LogP contribution is 2.23. The number of benzene rings is 1. The van der Waals surface area contributed by atoms with E-state index in [-0.39, 0.29) is 5.78 Å². The number of nitrogens with one attached hydrogen (secondary N) is 1. The van der Waals surface area contributed by atoms with Crippen molar-refractivity contribution in [3.8, 4) is 5.75 Å². The summed E-state index contributed by atoms with van der Waals surface area (Å²) in [6, 6.07) is 15.7. The summed E-state index contributed by atoms with van der Waals surface area (Å²) in [5.74, 6) is 0.869. The van der Waals surface area contributed by atoms with E-state index in [4.69, 9.17) is 4.74 Å². The molecule has 1 N–H and O–H groups in total. The molecule has 4 heteroatoms. The number of carbonyl (C=O) groups is 1. The molecule has 3 rings (SSSR count). The molecule has 0 spiro atoms. The molecule has 4 nitrogen and oxygen atoms in total. The van der Waals surface area contributed by atoms with E-state index in [2.05, 4.69) is 45.1 Å². The van der Waals surface area contributed by atoms with Crippen LogP contribution in [0.4, 0.5) is 0 Å². The fourth-order valence-corrected chi connectivity index (χ4v) is 3.68. The fourth-order valence-electron chi connectivity index (χ4n) is 3.68. The van der Waals surface area contributed by atoms with E-state index < -0.39 is 0 Å². The Balaban J connectivity index is 1.63. The predicted molar refractivity (Wildman–Crippen MR) is 128 cm³/mol. The van der Waals surface area contributed by atoms with Crippen molar-refractivity contribution in [2.45, 2.75) is 53.4 Å². The van der Waals surface area contributed by atoms with Gasteiger partial charge in [0.1, 0.15) is 5.75 Å².